The average Bonchev–Trinajstić information content (AvgIpc) is 2.15. The number of nitro groups is 1. The van der Waals surface area contributed by atoms with Crippen LogP contribution in [-0.4, -0.2) is 4.92 Å². The molecule has 0 aliphatic rings. The lowest BCUT2D eigenvalue weighted by Gasteiger charge is -1.99. The van der Waals surface area contributed by atoms with Gasteiger partial charge in [-0.3, -0.25) is 10.1 Å². The Labute approximate surface area is 77.5 Å². The number of unbranched alkanes of at least 4 members (excludes halogenated alkanes) is 1. The van der Waals surface area contributed by atoms with Gasteiger partial charge in [-0.1, -0.05) is 25.5 Å². The Hall–Kier alpha value is -1.38. The molecule has 0 fully saturated rings. The number of rotatable bonds is 4. The van der Waals surface area contributed by atoms with Crippen LogP contribution in [0.2, 0.25) is 0 Å². The summed E-state index contributed by atoms with van der Waals surface area (Å²) in [5, 5.41) is 10.6. The molecular formula is C10H12NO2. The van der Waals surface area contributed by atoms with Gasteiger partial charge in [-0.2, -0.15) is 0 Å². The van der Waals surface area contributed by atoms with Crippen molar-refractivity contribution in [2.24, 2.45) is 0 Å². The lowest BCUT2D eigenvalue weighted by atomic mass is 10.1. The number of nitrogens with zero attached hydrogens (tertiary/aromatic N) is 1. The van der Waals surface area contributed by atoms with Gasteiger partial charge in [-0.25, -0.2) is 0 Å². The molecule has 0 N–H and O–H groups in total. The molecule has 13 heavy (non-hydrogen) atoms. The maximum atomic E-state index is 10.6. The van der Waals surface area contributed by atoms with E-state index in [1.54, 1.807) is 18.2 Å². The van der Waals surface area contributed by atoms with Gasteiger partial charge >= 0.3 is 0 Å². The van der Waals surface area contributed by atoms with Crippen molar-refractivity contribution < 1.29 is 4.92 Å². The molecule has 0 atom stereocenters. The Morgan fingerprint density at radius 3 is 3.00 bits per heavy atom. The zero-order chi connectivity index (χ0) is 9.68. The molecule has 0 aromatic heterocycles. The van der Waals surface area contributed by atoms with Crippen LogP contribution in [-0.2, 0) is 6.42 Å². The van der Waals surface area contributed by atoms with E-state index in [0.29, 0.717) is 0 Å². The van der Waals surface area contributed by atoms with Gasteiger partial charge < -0.3 is 0 Å². The van der Waals surface area contributed by atoms with Crippen LogP contribution in [0.15, 0.2) is 18.2 Å². The van der Waals surface area contributed by atoms with Gasteiger partial charge in [0.2, 0.25) is 0 Å². The molecule has 1 radical (unpaired) electrons. The zero-order valence-corrected chi connectivity index (χ0v) is 7.62. The molecule has 0 saturated heterocycles. The minimum Gasteiger partial charge on any atom is -0.258 e. The van der Waals surface area contributed by atoms with Crippen LogP contribution < -0.4 is 0 Å². The van der Waals surface area contributed by atoms with E-state index in [9.17, 15) is 10.1 Å². The lowest BCUT2D eigenvalue weighted by Crippen LogP contribution is -1.95. The third-order valence-electron chi connectivity index (χ3n) is 1.90. The first-order valence-electron chi connectivity index (χ1n) is 4.39. The van der Waals surface area contributed by atoms with Crippen molar-refractivity contribution in [1.82, 2.24) is 0 Å². The van der Waals surface area contributed by atoms with Gasteiger partial charge in [0.1, 0.15) is 0 Å². The molecule has 3 heteroatoms. The first-order chi connectivity index (χ1) is 6.25. The van der Waals surface area contributed by atoms with Crippen molar-refractivity contribution in [1.29, 1.82) is 0 Å². The van der Waals surface area contributed by atoms with Gasteiger partial charge in [0.05, 0.1) is 11.0 Å². The summed E-state index contributed by atoms with van der Waals surface area (Å²) in [6, 6.07) is 7.81. The second-order valence-corrected chi connectivity index (χ2v) is 2.90. The summed E-state index contributed by atoms with van der Waals surface area (Å²) in [6.45, 7) is 2.07. The Bertz CT molecular complexity index is 297. The molecule has 69 valence electrons. The van der Waals surface area contributed by atoms with E-state index in [2.05, 4.69) is 13.0 Å². The van der Waals surface area contributed by atoms with Gasteiger partial charge in [0, 0.05) is 5.56 Å². The molecule has 1 rings (SSSR count). The highest BCUT2D eigenvalue weighted by Gasteiger charge is 2.11. The number of para-hydroxylation sites is 1. The van der Waals surface area contributed by atoms with Crippen LogP contribution in [0, 0.1) is 16.2 Å². The quantitative estimate of drug-likeness (QED) is 0.525. The number of nitro benzene ring substituents is 1. The molecule has 0 unspecified atom stereocenters. The van der Waals surface area contributed by atoms with E-state index in [4.69, 9.17) is 0 Å². The van der Waals surface area contributed by atoms with E-state index in [0.717, 1.165) is 24.8 Å². The second-order valence-electron chi connectivity index (χ2n) is 2.90. The van der Waals surface area contributed by atoms with E-state index < -0.39 is 0 Å². The number of aryl methyl sites for hydroxylation is 1. The molecule has 0 aliphatic heterocycles. The largest absolute Gasteiger partial charge is 0.280 e. The Morgan fingerprint density at radius 2 is 2.38 bits per heavy atom. The summed E-state index contributed by atoms with van der Waals surface area (Å²) in [5.74, 6) is 0. The Kier molecular flexibility index (Phi) is 3.43. The molecular weight excluding hydrogens is 166 g/mol. The van der Waals surface area contributed by atoms with E-state index in [-0.39, 0.29) is 10.6 Å². The topological polar surface area (TPSA) is 43.1 Å². The van der Waals surface area contributed by atoms with Gasteiger partial charge in [-0.15, -0.1) is 0 Å². The van der Waals surface area contributed by atoms with E-state index in [1.807, 2.05) is 0 Å². The summed E-state index contributed by atoms with van der Waals surface area (Å²) >= 11 is 0. The molecule has 0 aliphatic carbocycles. The van der Waals surface area contributed by atoms with Gasteiger partial charge in [0.25, 0.3) is 5.69 Å². The molecule has 0 heterocycles. The minimum atomic E-state index is -0.370. The summed E-state index contributed by atoms with van der Waals surface area (Å²) in [4.78, 5) is 10.2. The smallest absolute Gasteiger partial charge is 0.258 e. The van der Waals surface area contributed by atoms with Crippen molar-refractivity contribution in [3.8, 4) is 0 Å². The van der Waals surface area contributed by atoms with Crippen LogP contribution in [0.4, 0.5) is 5.69 Å². The fourth-order valence-electron chi connectivity index (χ4n) is 1.20. The second kappa shape index (κ2) is 4.60. The van der Waals surface area contributed by atoms with E-state index >= 15 is 0 Å². The standard InChI is InChI=1S/C10H12NO2/c1-2-3-6-9-7-4-5-8-10(9)11(12)13/h4-5,7H,2-3,6H2,1H3. The zero-order valence-electron chi connectivity index (χ0n) is 7.62. The molecule has 1 aromatic carbocycles. The maximum absolute atomic E-state index is 10.6. The minimum absolute atomic E-state index is 0.121. The number of hydrogen-bond donors (Lipinski definition) is 0. The number of hydrogen-bond acceptors (Lipinski definition) is 2. The molecule has 3 nitrogen and oxygen atoms in total. The fourth-order valence-corrected chi connectivity index (χ4v) is 1.20. The normalized spacial score (nSPS) is 9.92. The molecule has 0 saturated carbocycles. The number of benzene rings is 1. The van der Waals surface area contributed by atoms with E-state index in [1.165, 1.54) is 0 Å². The Morgan fingerprint density at radius 1 is 1.62 bits per heavy atom. The van der Waals surface area contributed by atoms with Crippen LogP contribution >= 0.6 is 0 Å². The first kappa shape index (κ1) is 9.71. The van der Waals surface area contributed by atoms with Crippen molar-refractivity contribution in [3.05, 3.63) is 39.9 Å². The van der Waals surface area contributed by atoms with Crippen molar-refractivity contribution in [2.45, 2.75) is 26.2 Å². The van der Waals surface area contributed by atoms with Crippen LogP contribution in [0.25, 0.3) is 0 Å². The summed E-state index contributed by atoms with van der Waals surface area (Å²) < 4.78 is 0. The van der Waals surface area contributed by atoms with Gasteiger partial charge in [0.15, 0.2) is 0 Å². The summed E-state index contributed by atoms with van der Waals surface area (Å²) in [7, 11) is 0. The molecule has 0 bridgehead atoms. The predicted octanol–water partition coefficient (Wildman–Crippen LogP) is 2.74. The monoisotopic (exact) mass is 178 g/mol. The Balaban J connectivity index is 2.84. The third kappa shape index (κ3) is 2.54. The van der Waals surface area contributed by atoms with Gasteiger partial charge in [-0.05, 0) is 18.9 Å². The summed E-state index contributed by atoms with van der Waals surface area (Å²) in [5.41, 5.74) is 0.908. The van der Waals surface area contributed by atoms with Crippen LogP contribution in [0.1, 0.15) is 25.3 Å². The lowest BCUT2D eigenvalue weighted by molar-refractivity contribution is -0.385. The first-order valence-corrected chi connectivity index (χ1v) is 4.39. The highest BCUT2D eigenvalue weighted by atomic mass is 16.6. The molecule has 1 aromatic rings. The van der Waals surface area contributed by atoms with Crippen molar-refractivity contribution in [3.63, 3.8) is 0 Å². The van der Waals surface area contributed by atoms with Crippen LogP contribution in [0.3, 0.4) is 0 Å². The third-order valence-corrected chi connectivity index (χ3v) is 1.90. The average molecular weight is 178 g/mol. The summed E-state index contributed by atoms with van der Waals surface area (Å²) in [6.07, 6.45) is 2.80. The molecule has 0 amide bonds. The van der Waals surface area contributed by atoms with Crippen LogP contribution in [0.5, 0.6) is 0 Å². The van der Waals surface area contributed by atoms with Crippen molar-refractivity contribution in [2.75, 3.05) is 0 Å². The fraction of sp³-hybridized carbons (Fsp3) is 0.400. The highest BCUT2D eigenvalue weighted by Crippen LogP contribution is 2.18. The maximum Gasteiger partial charge on any atom is 0.280 e. The highest BCUT2D eigenvalue weighted by molar-refractivity contribution is 5.38. The SMILES string of the molecule is CCCCc1ccc[c]c1[N+](=O)[O-]. The molecule has 0 spiro atoms. The van der Waals surface area contributed by atoms with Crippen molar-refractivity contribution >= 4 is 5.69 Å². The predicted molar refractivity (Wildman–Crippen MR) is 50.5 cm³/mol.